The Bertz CT molecular complexity index is 620. The van der Waals surface area contributed by atoms with Crippen molar-refractivity contribution < 1.29 is 4.74 Å². The summed E-state index contributed by atoms with van der Waals surface area (Å²) < 4.78 is 5.99. The van der Waals surface area contributed by atoms with Crippen LogP contribution < -0.4 is 21.5 Å². The number of nitrogens with two attached hydrogens (primary N) is 2. The Morgan fingerprint density at radius 1 is 1.32 bits per heavy atom. The lowest BCUT2D eigenvalue weighted by Gasteiger charge is -2.24. The van der Waals surface area contributed by atoms with Crippen LogP contribution in [0.2, 0.25) is 0 Å². The lowest BCUT2D eigenvalue weighted by molar-refractivity contribution is 0.358. The average molecular weight is 302 g/mol. The number of dihydropyridines is 1. The summed E-state index contributed by atoms with van der Waals surface area (Å²) in [5.74, 6) is 2.00. The highest BCUT2D eigenvalue weighted by atomic mass is 16.5. The van der Waals surface area contributed by atoms with Gasteiger partial charge in [-0.05, 0) is 18.8 Å². The van der Waals surface area contributed by atoms with E-state index in [9.17, 15) is 0 Å². The molecule has 1 aliphatic carbocycles. The van der Waals surface area contributed by atoms with Crippen molar-refractivity contribution in [1.29, 1.82) is 0 Å². The number of hydrogen-bond acceptors (Lipinski definition) is 7. The van der Waals surface area contributed by atoms with Crippen molar-refractivity contribution in [3.8, 4) is 5.75 Å². The third kappa shape index (κ3) is 3.36. The van der Waals surface area contributed by atoms with Gasteiger partial charge in [0.2, 0.25) is 5.95 Å². The van der Waals surface area contributed by atoms with Crippen molar-refractivity contribution in [1.82, 2.24) is 15.3 Å². The van der Waals surface area contributed by atoms with Crippen LogP contribution in [0.25, 0.3) is 0 Å². The summed E-state index contributed by atoms with van der Waals surface area (Å²) in [4.78, 5) is 12.5. The average Bonchev–Trinajstić information content (AvgIpc) is 3.26. The van der Waals surface area contributed by atoms with E-state index in [1.165, 1.54) is 19.0 Å². The zero-order valence-electron chi connectivity index (χ0n) is 12.9. The molecule has 7 heteroatoms. The van der Waals surface area contributed by atoms with E-state index < -0.39 is 0 Å². The largest absolute Gasteiger partial charge is 0.456 e. The first-order chi connectivity index (χ1) is 10.5. The molecule has 1 unspecified atom stereocenters. The summed E-state index contributed by atoms with van der Waals surface area (Å²) >= 11 is 0. The van der Waals surface area contributed by atoms with Crippen LogP contribution in [-0.4, -0.2) is 28.4 Å². The fraction of sp³-hybridized carbons (Fsp3) is 0.533. The summed E-state index contributed by atoms with van der Waals surface area (Å²) in [6.07, 6.45) is 6.62. The molecule has 1 atom stereocenters. The van der Waals surface area contributed by atoms with Gasteiger partial charge in [0, 0.05) is 24.3 Å². The molecule has 5 N–H and O–H groups in total. The van der Waals surface area contributed by atoms with Gasteiger partial charge in [-0.25, -0.2) is 4.98 Å². The molecular formula is C15H22N6O. The molecule has 0 aromatic carbocycles. The van der Waals surface area contributed by atoms with Crippen molar-refractivity contribution in [3.63, 3.8) is 0 Å². The molecule has 118 valence electrons. The number of rotatable bonds is 5. The van der Waals surface area contributed by atoms with Gasteiger partial charge in [-0.3, -0.25) is 10.3 Å². The van der Waals surface area contributed by atoms with Crippen molar-refractivity contribution >= 4 is 18.0 Å². The number of allylic oxidation sites excluding steroid dienone is 1. The molecule has 1 saturated carbocycles. The summed E-state index contributed by atoms with van der Waals surface area (Å²) in [5, 5.41) is 3.50. The molecule has 0 amide bonds. The van der Waals surface area contributed by atoms with Crippen LogP contribution in [0.15, 0.2) is 22.5 Å². The van der Waals surface area contributed by atoms with Crippen LogP contribution in [0.3, 0.4) is 0 Å². The van der Waals surface area contributed by atoms with Crippen LogP contribution in [0, 0.1) is 5.92 Å². The van der Waals surface area contributed by atoms with Crippen LogP contribution in [0.5, 0.6) is 5.75 Å². The summed E-state index contributed by atoms with van der Waals surface area (Å²) in [5.41, 5.74) is 12.5. The maximum atomic E-state index is 5.99. The zero-order valence-corrected chi connectivity index (χ0v) is 12.9. The molecule has 2 heterocycles. The molecule has 0 bridgehead atoms. The maximum absolute atomic E-state index is 5.99. The third-order valence-corrected chi connectivity index (χ3v) is 3.76. The van der Waals surface area contributed by atoms with E-state index in [1.54, 1.807) is 0 Å². The molecule has 7 nitrogen and oxygen atoms in total. The van der Waals surface area contributed by atoms with E-state index in [1.807, 2.05) is 6.21 Å². The van der Waals surface area contributed by atoms with Gasteiger partial charge in [0.25, 0.3) is 0 Å². The van der Waals surface area contributed by atoms with Gasteiger partial charge >= 0.3 is 0 Å². The van der Waals surface area contributed by atoms with Crippen molar-refractivity contribution in [3.05, 3.63) is 17.5 Å². The molecular weight excluding hydrogens is 280 g/mol. The van der Waals surface area contributed by atoms with E-state index in [0.717, 1.165) is 11.3 Å². The second-order valence-electron chi connectivity index (χ2n) is 6.05. The van der Waals surface area contributed by atoms with E-state index >= 15 is 0 Å². The molecule has 0 spiro atoms. The minimum Gasteiger partial charge on any atom is -0.456 e. The third-order valence-electron chi connectivity index (χ3n) is 3.76. The highest BCUT2D eigenvalue weighted by Crippen LogP contribution is 2.29. The Labute approximate surface area is 129 Å². The second kappa shape index (κ2) is 5.92. The normalized spacial score (nSPS) is 21.5. The molecule has 2 aliphatic rings. The Hall–Kier alpha value is -2.15. The first kappa shape index (κ1) is 14.8. The second-order valence-corrected chi connectivity index (χ2v) is 6.05. The number of nitrogen functional groups attached to an aromatic ring is 2. The summed E-state index contributed by atoms with van der Waals surface area (Å²) in [6, 6.07) is 0.592. The monoisotopic (exact) mass is 302 g/mol. The van der Waals surface area contributed by atoms with E-state index in [-0.39, 0.29) is 17.9 Å². The van der Waals surface area contributed by atoms with Crippen LogP contribution in [0.1, 0.15) is 33.1 Å². The Morgan fingerprint density at radius 2 is 2.09 bits per heavy atom. The number of hydrogen-bond donors (Lipinski definition) is 3. The minimum absolute atomic E-state index is 0.0564. The Balaban J connectivity index is 1.81. The highest BCUT2D eigenvalue weighted by molar-refractivity contribution is 5.81. The Morgan fingerprint density at radius 3 is 2.73 bits per heavy atom. The van der Waals surface area contributed by atoms with E-state index in [0.29, 0.717) is 24.1 Å². The standard InChI is InChI=1S/C15H22N6O/c1-8(2)10-6-18-13(20-9-3-4-9)5-11(10)22-12-7-19-15(17)21-14(12)16/h6-9,13,20H,3-5H2,1-2H3,(H4,16,17,19,21). The zero-order chi connectivity index (χ0) is 15.7. The van der Waals surface area contributed by atoms with Crippen LogP contribution in [-0.2, 0) is 0 Å². The topological polar surface area (TPSA) is 111 Å². The number of aliphatic imine (C=N–C) groups is 1. The molecule has 3 rings (SSSR count). The minimum atomic E-state index is 0.0564. The fourth-order valence-corrected chi connectivity index (χ4v) is 2.39. The maximum Gasteiger partial charge on any atom is 0.222 e. The predicted molar refractivity (Wildman–Crippen MR) is 86.4 cm³/mol. The lowest BCUT2D eigenvalue weighted by atomic mass is 9.99. The lowest BCUT2D eigenvalue weighted by Crippen LogP contribution is -2.33. The van der Waals surface area contributed by atoms with Crippen LogP contribution >= 0.6 is 0 Å². The fourth-order valence-electron chi connectivity index (χ4n) is 2.39. The van der Waals surface area contributed by atoms with Gasteiger partial charge in [0.05, 0.1) is 6.20 Å². The smallest absolute Gasteiger partial charge is 0.222 e. The van der Waals surface area contributed by atoms with Gasteiger partial charge in [0.1, 0.15) is 11.9 Å². The van der Waals surface area contributed by atoms with Gasteiger partial charge < -0.3 is 16.2 Å². The van der Waals surface area contributed by atoms with E-state index in [2.05, 4.69) is 34.1 Å². The van der Waals surface area contributed by atoms with Crippen molar-refractivity contribution in [2.24, 2.45) is 10.9 Å². The molecule has 1 aromatic heterocycles. The molecule has 0 saturated heterocycles. The van der Waals surface area contributed by atoms with Gasteiger partial charge in [-0.15, -0.1) is 0 Å². The number of nitrogens with one attached hydrogen (secondary N) is 1. The molecule has 1 aliphatic heterocycles. The quantitative estimate of drug-likeness (QED) is 0.759. The van der Waals surface area contributed by atoms with Crippen molar-refractivity contribution in [2.75, 3.05) is 11.5 Å². The number of nitrogens with zero attached hydrogens (tertiary/aromatic N) is 3. The Kier molecular flexibility index (Phi) is 3.98. The summed E-state index contributed by atoms with van der Waals surface area (Å²) in [6.45, 7) is 4.23. The molecule has 0 radical (unpaired) electrons. The van der Waals surface area contributed by atoms with Gasteiger partial charge in [-0.1, -0.05) is 13.8 Å². The van der Waals surface area contributed by atoms with Gasteiger partial charge in [-0.2, -0.15) is 4.98 Å². The number of anilines is 2. The first-order valence-corrected chi connectivity index (χ1v) is 7.61. The molecule has 1 aromatic rings. The van der Waals surface area contributed by atoms with E-state index in [4.69, 9.17) is 16.2 Å². The first-order valence-electron chi connectivity index (χ1n) is 7.61. The van der Waals surface area contributed by atoms with Crippen LogP contribution in [0.4, 0.5) is 11.8 Å². The van der Waals surface area contributed by atoms with Crippen molar-refractivity contribution in [2.45, 2.75) is 45.3 Å². The number of ether oxygens (including phenoxy) is 1. The highest BCUT2D eigenvalue weighted by Gasteiger charge is 2.28. The number of aromatic nitrogens is 2. The summed E-state index contributed by atoms with van der Waals surface area (Å²) in [7, 11) is 0. The van der Waals surface area contributed by atoms with Gasteiger partial charge in [0.15, 0.2) is 11.6 Å². The predicted octanol–water partition coefficient (Wildman–Crippen LogP) is 1.48. The SMILES string of the molecule is CC(C)C1=C(Oc2cnc(N)nc2N)CC(NC2CC2)N=C1. The molecule has 1 fully saturated rings. The molecule has 22 heavy (non-hydrogen) atoms.